The monoisotopic (exact) mass is 330 g/mol. The molecule has 0 aliphatic heterocycles. The number of nitrogens with one attached hydrogen (secondary N) is 1. The molecule has 5 nitrogen and oxygen atoms in total. The molecule has 0 spiro atoms. The van der Waals surface area contributed by atoms with Crippen molar-refractivity contribution in [3.8, 4) is 5.75 Å². The van der Waals surface area contributed by atoms with Gasteiger partial charge in [0.25, 0.3) is 0 Å². The predicted molar refractivity (Wildman–Crippen MR) is 88.6 cm³/mol. The van der Waals surface area contributed by atoms with E-state index in [1.54, 1.807) is 43.5 Å². The Labute approximate surface area is 138 Å². The van der Waals surface area contributed by atoms with E-state index in [0.717, 1.165) is 11.3 Å². The molecule has 0 heterocycles. The van der Waals surface area contributed by atoms with E-state index >= 15 is 0 Å². The number of rotatable bonds is 7. The number of aromatic carboxylic acids is 1. The van der Waals surface area contributed by atoms with Gasteiger partial charge in [-0.25, -0.2) is 0 Å². The number of anilines is 1. The highest BCUT2D eigenvalue weighted by Crippen LogP contribution is 2.17. The fraction of sp³-hybridized carbons (Fsp3) is 0.176. The van der Waals surface area contributed by atoms with Gasteiger partial charge in [-0.1, -0.05) is 18.2 Å². The van der Waals surface area contributed by atoms with Gasteiger partial charge >= 0.3 is 0 Å². The first-order chi connectivity index (χ1) is 11.1. The lowest BCUT2D eigenvalue weighted by Crippen LogP contribution is -2.22. The minimum Gasteiger partial charge on any atom is -0.545 e. The summed E-state index contributed by atoms with van der Waals surface area (Å²) in [5.41, 5.74) is 1.69. The molecule has 23 heavy (non-hydrogen) atoms. The Bertz CT molecular complexity index is 685. The van der Waals surface area contributed by atoms with Crippen molar-refractivity contribution in [1.29, 1.82) is 0 Å². The van der Waals surface area contributed by atoms with E-state index in [1.807, 2.05) is 6.07 Å². The highest BCUT2D eigenvalue weighted by atomic mass is 32.2. The van der Waals surface area contributed by atoms with E-state index in [2.05, 4.69) is 5.32 Å². The average Bonchev–Trinajstić information content (AvgIpc) is 2.56. The number of thioether (sulfide) groups is 1. The van der Waals surface area contributed by atoms with Crippen molar-refractivity contribution in [3.05, 3.63) is 59.7 Å². The van der Waals surface area contributed by atoms with Gasteiger partial charge in [0.15, 0.2) is 0 Å². The Hall–Kier alpha value is -2.47. The molecule has 120 valence electrons. The molecule has 0 aromatic heterocycles. The summed E-state index contributed by atoms with van der Waals surface area (Å²) in [5, 5.41) is 13.6. The standard InChI is InChI=1S/C17H17NO4S/c1-22-15-7-5-14(6-8-15)18-16(19)11-23-10-12-3-2-4-13(9-12)17(20)21/h2-9H,10-11H2,1H3,(H,18,19)(H,20,21)/p-1. The fourth-order valence-corrected chi connectivity index (χ4v) is 2.70. The summed E-state index contributed by atoms with van der Waals surface area (Å²) >= 11 is 1.41. The lowest BCUT2D eigenvalue weighted by Gasteiger charge is -2.07. The van der Waals surface area contributed by atoms with Gasteiger partial charge in [-0.2, -0.15) is 0 Å². The van der Waals surface area contributed by atoms with Gasteiger partial charge in [0.2, 0.25) is 5.91 Å². The molecule has 1 amide bonds. The first-order valence-electron chi connectivity index (χ1n) is 6.90. The summed E-state index contributed by atoms with van der Waals surface area (Å²) in [6.07, 6.45) is 0. The zero-order valence-electron chi connectivity index (χ0n) is 12.6. The maximum Gasteiger partial charge on any atom is 0.234 e. The third-order valence-electron chi connectivity index (χ3n) is 3.04. The van der Waals surface area contributed by atoms with Crippen LogP contribution in [0.4, 0.5) is 5.69 Å². The van der Waals surface area contributed by atoms with Gasteiger partial charge < -0.3 is 20.0 Å². The van der Waals surface area contributed by atoms with Crippen molar-refractivity contribution >= 4 is 29.3 Å². The van der Waals surface area contributed by atoms with Gasteiger partial charge in [-0.3, -0.25) is 4.79 Å². The SMILES string of the molecule is COc1ccc(NC(=O)CSCc2cccc(C(=O)[O-])c2)cc1. The van der Waals surface area contributed by atoms with Crippen LogP contribution in [0.15, 0.2) is 48.5 Å². The Kier molecular flexibility index (Phi) is 6.05. The summed E-state index contributed by atoms with van der Waals surface area (Å²) in [7, 11) is 1.58. The number of carbonyl (C=O) groups excluding carboxylic acids is 2. The van der Waals surface area contributed by atoms with Crippen LogP contribution in [0.25, 0.3) is 0 Å². The van der Waals surface area contributed by atoms with Crippen LogP contribution in [0.1, 0.15) is 15.9 Å². The smallest absolute Gasteiger partial charge is 0.234 e. The maximum atomic E-state index is 11.9. The summed E-state index contributed by atoms with van der Waals surface area (Å²) in [5.74, 6) is 0.245. The molecule has 0 atom stereocenters. The molecular formula is C17H16NO4S-. The normalized spacial score (nSPS) is 10.1. The first-order valence-corrected chi connectivity index (χ1v) is 8.06. The van der Waals surface area contributed by atoms with E-state index in [1.165, 1.54) is 17.8 Å². The van der Waals surface area contributed by atoms with E-state index in [0.29, 0.717) is 11.4 Å². The van der Waals surface area contributed by atoms with Crippen molar-refractivity contribution in [2.24, 2.45) is 0 Å². The van der Waals surface area contributed by atoms with Crippen LogP contribution < -0.4 is 15.2 Å². The van der Waals surface area contributed by atoms with E-state index in [9.17, 15) is 14.7 Å². The highest BCUT2D eigenvalue weighted by molar-refractivity contribution is 7.99. The van der Waals surface area contributed by atoms with Crippen LogP contribution in [0.3, 0.4) is 0 Å². The number of methoxy groups -OCH3 is 1. The molecule has 0 fully saturated rings. The number of benzene rings is 2. The minimum atomic E-state index is -1.20. The minimum absolute atomic E-state index is 0.115. The summed E-state index contributed by atoms with van der Waals surface area (Å²) in [4.78, 5) is 22.7. The zero-order chi connectivity index (χ0) is 16.7. The molecule has 0 aliphatic carbocycles. The van der Waals surface area contributed by atoms with Gasteiger partial charge in [-0.15, -0.1) is 11.8 Å². The quantitative estimate of drug-likeness (QED) is 0.839. The number of carboxylic acid groups (broad SMARTS) is 1. The zero-order valence-corrected chi connectivity index (χ0v) is 13.4. The lowest BCUT2D eigenvalue weighted by molar-refractivity contribution is -0.255. The molecule has 6 heteroatoms. The molecule has 0 saturated heterocycles. The molecule has 0 aliphatic rings. The number of carbonyl (C=O) groups is 2. The lowest BCUT2D eigenvalue weighted by atomic mass is 10.1. The molecular weight excluding hydrogens is 314 g/mol. The Morgan fingerprint density at radius 2 is 1.91 bits per heavy atom. The number of hydrogen-bond acceptors (Lipinski definition) is 5. The first kappa shape index (κ1) is 16.9. The van der Waals surface area contributed by atoms with Crippen LogP contribution in [0.2, 0.25) is 0 Å². The van der Waals surface area contributed by atoms with Crippen LogP contribution in [0, 0.1) is 0 Å². The van der Waals surface area contributed by atoms with Gasteiger partial charge in [0.05, 0.1) is 18.8 Å². The van der Waals surface area contributed by atoms with Crippen molar-refractivity contribution in [3.63, 3.8) is 0 Å². The average molecular weight is 330 g/mol. The third kappa shape index (κ3) is 5.34. The molecule has 2 aromatic rings. The van der Waals surface area contributed by atoms with Gasteiger partial charge in [0.1, 0.15) is 5.75 Å². The molecule has 0 radical (unpaired) electrons. The van der Waals surface area contributed by atoms with E-state index in [4.69, 9.17) is 4.74 Å². The topological polar surface area (TPSA) is 78.5 Å². The fourth-order valence-electron chi connectivity index (χ4n) is 1.92. The van der Waals surface area contributed by atoms with Gasteiger partial charge in [0, 0.05) is 11.4 Å². The molecule has 0 bridgehead atoms. The number of ether oxygens (including phenoxy) is 1. The Morgan fingerprint density at radius 3 is 2.57 bits per heavy atom. The maximum absolute atomic E-state index is 11.9. The van der Waals surface area contributed by atoms with Crippen LogP contribution in [-0.4, -0.2) is 24.7 Å². The summed E-state index contributed by atoms with van der Waals surface area (Å²) < 4.78 is 5.05. The predicted octanol–water partition coefficient (Wildman–Crippen LogP) is 1.93. The number of amides is 1. The Morgan fingerprint density at radius 1 is 1.17 bits per heavy atom. The summed E-state index contributed by atoms with van der Waals surface area (Å²) in [6.45, 7) is 0. The Balaban J connectivity index is 1.80. The van der Waals surface area contributed by atoms with Crippen molar-refractivity contribution in [1.82, 2.24) is 0 Å². The highest BCUT2D eigenvalue weighted by Gasteiger charge is 2.04. The van der Waals surface area contributed by atoms with Crippen LogP contribution >= 0.6 is 11.8 Å². The van der Waals surface area contributed by atoms with Crippen molar-refractivity contribution < 1.29 is 19.4 Å². The van der Waals surface area contributed by atoms with E-state index < -0.39 is 5.97 Å². The van der Waals surface area contributed by atoms with Crippen molar-refractivity contribution in [2.45, 2.75) is 5.75 Å². The second kappa shape index (κ2) is 8.24. The van der Waals surface area contributed by atoms with E-state index in [-0.39, 0.29) is 17.2 Å². The van der Waals surface area contributed by atoms with Crippen LogP contribution in [-0.2, 0) is 10.5 Å². The molecule has 2 aromatic carbocycles. The molecule has 1 N–H and O–H groups in total. The van der Waals surface area contributed by atoms with Crippen molar-refractivity contribution in [2.75, 3.05) is 18.2 Å². The second-order valence-electron chi connectivity index (χ2n) is 4.76. The third-order valence-corrected chi connectivity index (χ3v) is 4.04. The number of carboxylic acids is 1. The summed E-state index contributed by atoms with van der Waals surface area (Å²) in [6, 6.07) is 13.6. The molecule has 0 unspecified atom stereocenters. The molecule has 2 rings (SSSR count). The van der Waals surface area contributed by atoms with Gasteiger partial charge in [-0.05, 0) is 41.5 Å². The number of hydrogen-bond donors (Lipinski definition) is 1. The largest absolute Gasteiger partial charge is 0.545 e. The molecule has 0 saturated carbocycles. The van der Waals surface area contributed by atoms with Crippen LogP contribution in [0.5, 0.6) is 5.75 Å². The second-order valence-corrected chi connectivity index (χ2v) is 5.74.